The van der Waals surface area contributed by atoms with Gasteiger partial charge in [0.15, 0.2) is 0 Å². The third kappa shape index (κ3) is 4.74. The van der Waals surface area contributed by atoms with Crippen LogP contribution < -0.4 is 5.32 Å². The monoisotopic (exact) mass is 472 g/mol. The molecule has 2 aliphatic rings. The quantitative estimate of drug-likeness (QED) is 0.697. The summed E-state index contributed by atoms with van der Waals surface area (Å²) in [6.45, 7) is 4.05. The van der Waals surface area contributed by atoms with E-state index in [1.165, 1.54) is 20.5 Å². The second kappa shape index (κ2) is 9.71. The van der Waals surface area contributed by atoms with Crippen LogP contribution in [0.25, 0.3) is 0 Å². The number of amides is 1. The van der Waals surface area contributed by atoms with E-state index in [9.17, 15) is 18.5 Å². The van der Waals surface area contributed by atoms with Gasteiger partial charge in [0.25, 0.3) is 0 Å². The Morgan fingerprint density at radius 1 is 1.22 bits per heavy atom. The summed E-state index contributed by atoms with van der Waals surface area (Å²) in [6.07, 6.45) is 4.12. The van der Waals surface area contributed by atoms with E-state index < -0.39 is 10.0 Å². The molecular weight excluding hydrogens is 444 g/mol. The van der Waals surface area contributed by atoms with Gasteiger partial charge in [-0.25, -0.2) is 8.42 Å². The fourth-order valence-corrected chi connectivity index (χ4v) is 7.22. The van der Waals surface area contributed by atoms with Crippen molar-refractivity contribution in [3.63, 3.8) is 0 Å². The Balaban J connectivity index is 1.35. The van der Waals surface area contributed by atoms with Gasteiger partial charge in [0.2, 0.25) is 15.9 Å². The lowest BCUT2D eigenvalue weighted by Gasteiger charge is -2.33. The molecule has 2 heterocycles. The highest BCUT2D eigenvalue weighted by Crippen LogP contribution is 2.40. The number of fused-ring (bicyclic) bond motifs is 1. The van der Waals surface area contributed by atoms with Gasteiger partial charge in [0.1, 0.15) is 11.1 Å². The molecule has 1 aliphatic carbocycles. The van der Waals surface area contributed by atoms with Crippen molar-refractivity contribution in [1.29, 1.82) is 5.26 Å². The lowest BCUT2D eigenvalue weighted by Crippen LogP contribution is -2.50. The summed E-state index contributed by atoms with van der Waals surface area (Å²) in [5, 5.41) is 13.3. The van der Waals surface area contributed by atoms with E-state index in [1.54, 1.807) is 30.3 Å². The van der Waals surface area contributed by atoms with Crippen molar-refractivity contribution in [1.82, 2.24) is 9.21 Å². The van der Waals surface area contributed by atoms with E-state index >= 15 is 0 Å². The second-order valence-electron chi connectivity index (χ2n) is 8.38. The fourth-order valence-electron chi connectivity index (χ4n) is 4.45. The van der Waals surface area contributed by atoms with Gasteiger partial charge in [-0.2, -0.15) is 9.57 Å². The van der Waals surface area contributed by atoms with Crippen LogP contribution in [-0.2, 0) is 27.7 Å². The SMILES string of the molecule is CCC1CCc2c(sc(NC(=O)CN3CCN(S(=O)(=O)c4ccccc4)CC3)c2C#N)C1. The van der Waals surface area contributed by atoms with Gasteiger partial charge in [-0.15, -0.1) is 11.3 Å². The molecule has 0 bridgehead atoms. The lowest BCUT2D eigenvalue weighted by atomic mass is 9.86. The Kier molecular flexibility index (Phi) is 6.96. The van der Waals surface area contributed by atoms with Crippen molar-refractivity contribution in [3.8, 4) is 6.07 Å². The number of hydrogen-bond acceptors (Lipinski definition) is 6. The number of hydrogen-bond donors (Lipinski definition) is 1. The van der Waals surface area contributed by atoms with Crippen LogP contribution in [0.5, 0.6) is 0 Å². The van der Waals surface area contributed by atoms with Gasteiger partial charge in [-0.05, 0) is 42.9 Å². The molecule has 1 amide bonds. The Morgan fingerprint density at radius 2 is 1.94 bits per heavy atom. The highest BCUT2D eigenvalue weighted by Gasteiger charge is 2.30. The summed E-state index contributed by atoms with van der Waals surface area (Å²) < 4.78 is 27.0. The van der Waals surface area contributed by atoms with E-state index in [0.29, 0.717) is 47.6 Å². The van der Waals surface area contributed by atoms with Gasteiger partial charge >= 0.3 is 0 Å². The molecule has 9 heteroatoms. The summed E-state index contributed by atoms with van der Waals surface area (Å²) in [5.41, 5.74) is 1.73. The second-order valence-corrected chi connectivity index (χ2v) is 11.4. The number of nitrogens with zero attached hydrogens (tertiary/aromatic N) is 3. The van der Waals surface area contributed by atoms with Crippen molar-refractivity contribution >= 4 is 32.3 Å². The minimum Gasteiger partial charge on any atom is -0.315 e. The molecule has 0 saturated carbocycles. The molecule has 0 radical (unpaired) electrons. The zero-order valence-corrected chi connectivity index (χ0v) is 19.8. The van der Waals surface area contributed by atoms with Gasteiger partial charge in [0, 0.05) is 31.1 Å². The lowest BCUT2D eigenvalue weighted by molar-refractivity contribution is -0.117. The summed E-state index contributed by atoms with van der Waals surface area (Å²) in [5.74, 6) is 0.492. The van der Waals surface area contributed by atoms with E-state index in [2.05, 4.69) is 18.3 Å². The number of benzene rings is 1. The first-order valence-electron chi connectivity index (χ1n) is 11.0. The number of thiophene rings is 1. The van der Waals surface area contributed by atoms with Crippen molar-refractivity contribution < 1.29 is 13.2 Å². The van der Waals surface area contributed by atoms with Crippen LogP contribution >= 0.6 is 11.3 Å². The predicted octanol–water partition coefficient (Wildman–Crippen LogP) is 3.08. The van der Waals surface area contributed by atoms with Crippen molar-refractivity contribution in [2.75, 3.05) is 38.0 Å². The van der Waals surface area contributed by atoms with Crippen LogP contribution in [0.4, 0.5) is 5.00 Å². The average Bonchev–Trinajstić information content (AvgIpc) is 3.15. The topological polar surface area (TPSA) is 93.5 Å². The summed E-state index contributed by atoms with van der Waals surface area (Å²) >= 11 is 1.54. The molecule has 170 valence electrons. The molecule has 4 rings (SSSR count). The Labute approximate surface area is 193 Å². The predicted molar refractivity (Wildman–Crippen MR) is 125 cm³/mol. The number of piperazine rings is 1. The zero-order valence-electron chi connectivity index (χ0n) is 18.2. The minimum absolute atomic E-state index is 0.161. The van der Waals surface area contributed by atoms with E-state index in [-0.39, 0.29) is 12.5 Å². The number of anilines is 1. The third-order valence-corrected chi connectivity index (χ3v) is 9.47. The summed E-state index contributed by atoms with van der Waals surface area (Å²) in [6, 6.07) is 10.7. The number of rotatable bonds is 6. The Hall–Kier alpha value is -2.25. The number of nitrogens with one attached hydrogen (secondary N) is 1. The first kappa shape index (κ1) is 22.9. The maximum absolute atomic E-state index is 12.8. The molecule has 7 nitrogen and oxygen atoms in total. The number of carbonyl (C=O) groups excluding carboxylic acids is 1. The first-order valence-corrected chi connectivity index (χ1v) is 13.3. The maximum atomic E-state index is 12.8. The highest BCUT2D eigenvalue weighted by molar-refractivity contribution is 7.89. The largest absolute Gasteiger partial charge is 0.315 e. The smallest absolute Gasteiger partial charge is 0.243 e. The molecular formula is C23H28N4O3S2. The van der Waals surface area contributed by atoms with Crippen molar-refractivity contribution in [3.05, 3.63) is 46.3 Å². The van der Waals surface area contributed by atoms with Crippen molar-refractivity contribution in [2.45, 2.75) is 37.5 Å². The van der Waals surface area contributed by atoms with Crippen LogP contribution in [0.2, 0.25) is 0 Å². The first-order chi connectivity index (χ1) is 15.4. The molecule has 1 unspecified atom stereocenters. The molecule has 1 N–H and O–H groups in total. The maximum Gasteiger partial charge on any atom is 0.243 e. The normalized spacial score (nSPS) is 19.8. The number of carbonyl (C=O) groups is 1. The molecule has 1 aromatic heterocycles. The average molecular weight is 473 g/mol. The molecule has 1 saturated heterocycles. The minimum atomic E-state index is -3.51. The van der Waals surface area contributed by atoms with Crippen LogP contribution in [-0.4, -0.2) is 56.3 Å². The molecule has 2 aromatic rings. The molecule has 0 spiro atoms. The van der Waals surface area contributed by atoms with Crippen LogP contribution in [0.15, 0.2) is 35.2 Å². The van der Waals surface area contributed by atoms with Crippen LogP contribution in [0, 0.1) is 17.2 Å². The molecule has 1 aliphatic heterocycles. The highest BCUT2D eigenvalue weighted by atomic mass is 32.2. The third-order valence-electron chi connectivity index (χ3n) is 6.39. The Morgan fingerprint density at radius 3 is 2.59 bits per heavy atom. The van der Waals surface area contributed by atoms with Gasteiger partial charge in [0.05, 0.1) is 17.0 Å². The van der Waals surface area contributed by atoms with E-state index in [1.807, 2.05) is 4.90 Å². The molecule has 32 heavy (non-hydrogen) atoms. The molecule has 1 aromatic carbocycles. The number of sulfonamides is 1. The Bertz CT molecular complexity index is 1110. The van der Waals surface area contributed by atoms with E-state index in [4.69, 9.17) is 0 Å². The summed E-state index contributed by atoms with van der Waals surface area (Å²) in [4.78, 5) is 16.2. The van der Waals surface area contributed by atoms with Gasteiger partial charge < -0.3 is 5.32 Å². The fraction of sp³-hybridized carbons (Fsp3) is 0.478. The van der Waals surface area contributed by atoms with Crippen LogP contribution in [0.3, 0.4) is 0 Å². The number of nitriles is 1. The molecule has 1 fully saturated rings. The molecule has 1 atom stereocenters. The van der Waals surface area contributed by atoms with Gasteiger partial charge in [-0.3, -0.25) is 9.69 Å². The zero-order chi connectivity index (χ0) is 22.7. The summed E-state index contributed by atoms with van der Waals surface area (Å²) in [7, 11) is -3.51. The van der Waals surface area contributed by atoms with Gasteiger partial charge in [-0.1, -0.05) is 31.5 Å². The van der Waals surface area contributed by atoms with Crippen LogP contribution in [0.1, 0.15) is 35.8 Å². The van der Waals surface area contributed by atoms with E-state index in [0.717, 1.165) is 31.2 Å². The standard InChI is InChI=1S/C23H28N4O3S2/c1-2-17-8-9-19-20(15-24)23(31-21(19)14-17)25-22(28)16-26-10-12-27(13-11-26)32(29,30)18-6-4-3-5-7-18/h3-7,17H,2,8-14,16H2,1H3,(H,25,28). The van der Waals surface area contributed by atoms with Crippen molar-refractivity contribution in [2.24, 2.45) is 5.92 Å².